The van der Waals surface area contributed by atoms with Gasteiger partial charge in [-0.25, -0.2) is 0 Å². The van der Waals surface area contributed by atoms with Crippen LogP contribution in [0, 0.1) is 5.41 Å². The Balaban J connectivity index is 1.96. The van der Waals surface area contributed by atoms with Gasteiger partial charge in [-0.3, -0.25) is 4.79 Å². The molecule has 0 aromatic rings. The van der Waals surface area contributed by atoms with Crippen molar-refractivity contribution in [2.24, 2.45) is 5.41 Å². The van der Waals surface area contributed by atoms with Crippen molar-refractivity contribution in [2.45, 2.75) is 44.2 Å². The lowest BCUT2D eigenvalue weighted by molar-refractivity contribution is -0.135. The molecule has 3 N–H and O–H groups in total. The molecule has 1 aliphatic carbocycles. The smallest absolute Gasteiger partial charge is 0.230 e. The first-order chi connectivity index (χ1) is 8.68. The van der Waals surface area contributed by atoms with Crippen LogP contribution in [0.15, 0.2) is 0 Å². The molecule has 0 aromatic carbocycles. The highest BCUT2D eigenvalue weighted by molar-refractivity contribution is 5.83. The fraction of sp³-hybridized carbons (Fsp3) is 0.923. The van der Waals surface area contributed by atoms with Crippen molar-refractivity contribution in [3.8, 4) is 0 Å². The maximum Gasteiger partial charge on any atom is 0.230 e. The molecule has 0 bridgehead atoms. The molecule has 1 saturated heterocycles. The molecular weight excluding hydrogens is 232 g/mol. The molecule has 3 atom stereocenters. The number of amides is 1. The van der Waals surface area contributed by atoms with Gasteiger partial charge in [0.2, 0.25) is 5.91 Å². The van der Waals surface area contributed by atoms with Gasteiger partial charge in [0.1, 0.15) is 0 Å². The summed E-state index contributed by atoms with van der Waals surface area (Å²) in [4.78, 5) is 12.4. The lowest BCUT2D eigenvalue weighted by atomic mass is 9.85. The van der Waals surface area contributed by atoms with E-state index < -0.39 is 11.5 Å². The minimum Gasteiger partial charge on any atom is -0.391 e. The van der Waals surface area contributed by atoms with Gasteiger partial charge in [0.15, 0.2) is 0 Å². The largest absolute Gasteiger partial charge is 0.391 e. The number of aliphatic hydroxyl groups excluding tert-OH is 1. The first-order valence-corrected chi connectivity index (χ1v) is 6.87. The van der Waals surface area contributed by atoms with E-state index in [0.29, 0.717) is 13.2 Å². The summed E-state index contributed by atoms with van der Waals surface area (Å²) < 4.78 is 5.20. The normalized spacial score (nSPS) is 36.6. The molecular formula is C13H24N2O3. The molecule has 2 fully saturated rings. The quantitative estimate of drug-likeness (QED) is 0.664. The van der Waals surface area contributed by atoms with Crippen LogP contribution in [0.1, 0.15) is 32.1 Å². The molecule has 1 amide bonds. The Bertz CT molecular complexity index is 290. The summed E-state index contributed by atoms with van der Waals surface area (Å²) >= 11 is 0. The van der Waals surface area contributed by atoms with E-state index in [1.807, 2.05) is 0 Å². The van der Waals surface area contributed by atoms with Crippen LogP contribution in [0.5, 0.6) is 0 Å². The number of carbonyl (C=O) groups is 1. The van der Waals surface area contributed by atoms with Crippen LogP contribution in [-0.4, -0.2) is 50.0 Å². The number of nitrogens with one attached hydrogen (secondary N) is 2. The van der Waals surface area contributed by atoms with E-state index in [0.717, 1.165) is 38.6 Å². The predicted octanol–water partition coefficient (Wildman–Crippen LogP) is 0.0322. The van der Waals surface area contributed by atoms with E-state index in [1.165, 1.54) is 0 Å². The maximum atomic E-state index is 12.4. The van der Waals surface area contributed by atoms with Crippen LogP contribution in [0.25, 0.3) is 0 Å². The zero-order chi connectivity index (χ0) is 13.0. The zero-order valence-electron chi connectivity index (χ0n) is 11.1. The number of hydrogen-bond donors (Lipinski definition) is 3. The summed E-state index contributed by atoms with van der Waals surface area (Å²) in [5.41, 5.74) is -0.452. The van der Waals surface area contributed by atoms with Crippen molar-refractivity contribution < 1.29 is 14.6 Å². The van der Waals surface area contributed by atoms with E-state index in [9.17, 15) is 9.90 Å². The second-order valence-electron chi connectivity index (χ2n) is 5.57. The molecule has 2 rings (SSSR count). The Morgan fingerprint density at radius 3 is 2.89 bits per heavy atom. The number of methoxy groups -OCH3 is 1. The molecule has 2 aliphatic rings. The molecule has 0 aromatic heterocycles. The molecule has 1 unspecified atom stereocenters. The Kier molecular flexibility index (Phi) is 4.59. The van der Waals surface area contributed by atoms with Gasteiger partial charge in [0, 0.05) is 13.7 Å². The highest BCUT2D eigenvalue weighted by Gasteiger charge is 2.42. The third-order valence-corrected chi connectivity index (χ3v) is 4.19. The number of ether oxygens (including phenoxy) is 1. The molecule has 1 heterocycles. The van der Waals surface area contributed by atoms with E-state index in [1.54, 1.807) is 7.11 Å². The summed E-state index contributed by atoms with van der Waals surface area (Å²) in [6.07, 6.45) is 4.21. The number of carbonyl (C=O) groups excluding carboxylic acids is 1. The van der Waals surface area contributed by atoms with Gasteiger partial charge >= 0.3 is 0 Å². The van der Waals surface area contributed by atoms with E-state index in [4.69, 9.17) is 4.74 Å². The van der Waals surface area contributed by atoms with Crippen molar-refractivity contribution in [2.75, 3.05) is 26.8 Å². The zero-order valence-corrected chi connectivity index (χ0v) is 11.1. The number of hydrogen-bond acceptors (Lipinski definition) is 4. The van der Waals surface area contributed by atoms with Crippen LogP contribution in [-0.2, 0) is 9.53 Å². The summed E-state index contributed by atoms with van der Waals surface area (Å²) in [6, 6.07) is -0.0828. The van der Waals surface area contributed by atoms with Crippen molar-refractivity contribution >= 4 is 5.91 Å². The SMILES string of the molecule is COCC1(C(=O)N[C@H]2CCCC[C@@H]2O)CCNC1. The molecule has 5 nitrogen and oxygen atoms in total. The third-order valence-electron chi connectivity index (χ3n) is 4.19. The molecule has 1 saturated carbocycles. The monoisotopic (exact) mass is 256 g/mol. The summed E-state index contributed by atoms with van der Waals surface area (Å²) in [7, 11) is 1.63. The lowest BCUT2D eigenvalue weighted by Gasteiger charge is -2.33. The van der Waals surface area contributed by atoms with Crippen molar-refractivity contribution in [3.05, 3.63) is 0 Å². The van der Waals surface area contributed by atoms with Gasteiger partial charge in [0.25, 0.3) is 0 Å². The van der Waals surface area contributed by atoms with E-state index in [-0.39, 0.29) is 11.9 Å². The van der Waals surface area contributed by atoms with Gasteiger partial charge in [-0.1, -0.05) is 12.8 Å². The Hall–Kier alpha value is -0.650. The van der Waals surface area contributed by atoms with Crippen LogP contribution in [0.4, 0.5) is 0 Å². The van der Waals surface area contributed by atoms with Gasteiger partial charge in [-0.15, -0.1) is 0 Å². The Morgan fingerprint density at radius 1 is 1.50 bits per heavy atom. The minimum atomic E-state index is -0.452. The van der Waals surface area contributed by atoms with Crippen LogP contribution >= 0.6 is 0 Å². The average Bonchev–Trinajstić information content (AvgIpc) is 2.82. The summed E-state index contributed by atoms with van der Waals surface area (Å²) in [5.74, 6) is 0.0281. The number of rotatable bonds is 4. The van der Waals surface area contributed by atoms with Crippen molar-refractivity contribution in [1.82, 2.24) is 10.6 Å². The van der Waals surface area contributed by atoms with Crippen LogP contribution in [0.3, 0.4) is 0 Å². The van der Waals surface area contributed by atoms with Crippen LogP contribution < -0.4 is 10.6 Å². The standard InChI is InChI=1S/C13H24N2O3/c1-18-9-13(6-7-14-8-13)12(17)15-10-4-2-3-5-11(10)16/h10-11,14,16H,2-9H2,1H3,(H,15,17)/t10-,11-,13?/m0/s1. The minimum absolute atomic E-state index is 0.0281. The van der Waals surface area contributed by atoms with Crippen LogP contribution in [0.2, 0.25) is 0 Å². The number of aliphatic hydroxyl groups is 1. The van der Waals surface area contributed by atoms with Crippen molar-refractivity contribution in [3.63, 3.8) is 0 Å². The first kappa shape index (κ1) is 13.8. The van der Waals surface area contributed by atoms with E-state index >= 15 is 0 Å². The van der Waals surface area contributed by atoms with Crippen molar-refractivity contribution in [1.29, 1.82) is 0 Å². The third kappa shape index (κ3) is 2.84. The average molecular weight is 256 g/mol. The Morgan fingerprint density at radius 2 is 2.28 bits per heavy atom. The molecule has 18 heavy (non-hydrogen) atoms. The molecule has 104 valence electrons. The Labute approximate surface area is 108 Å². The molecule has 1 aliphatic heterocycles. The maximum absolute atomic E-state index is 12.4. The first-order valence-electron chi connectivity index (χ1n) is 6.87. The summed E-state index contributed by atoms with van der Waals surface area (Å²) in [6.45, 7) is 1.95. The predicted molar refractivity (Wildman–Crippen MR) is 68.2 cm³/mol. The molecule has 0 radical (unpaired) electrons. The fourth-order valence-electron chi connectivity index (χ4n) is 3.00. The lowest BCUT2D eigenvalue weighted by Crippen LogP contribution is -2.53. The highest BCUT2D eigenvalue weighted by atomic mass is 16.5. The topological polar surface area (TPSA) is 70.6 Å². The second-order valence-corrected chi connectivity index (χ2v) is 5.57. The fourth-order valence-corrected chi connectivity index (χ4v) is 3.00. The highest BCUT2D eigenvalue weighted by Crippen LogP contribution is 2.27. The van der Waals surface area contributed by atoms with Gasteiger partial charge in [-0.2, -0.15) is 0 Å². The molecule has 0 spiro atoms. The van der Waals surface area contributed by atoms with Gasteiger partial charge in [0.05, 0.1) is 24.2 Å². The van der Waals surface area contributed by atoms with E-state index in [2.05, 4.69) is 10.6 Å². The second kappa shape index (κ2) is 5.99. The van der Waals surface area contributed by atoms with Gasteiger partial charge < -0.3 is 20.5 Å². The summed E-state index contributed by atoms with van der Waals surface area (Å²) in [5, 5.41) is 16.2. The molecule has 5 heteroatoms. The van der Waals surface area contributed by atoms with Gasteiger partial charge in [-0.05, 0) is 25.8 Å².